The van der Waals surface area contributed by atoms with Crippen molar-refractivity contribution in [2.45, 2.75) is 219 Å². The average Bonchev–Trinajstić information content (AvgIpc) is 1.80. The number of likely N-dealkylation sites (tertiary alicyclic amines) is 4. The molecule has 0 spiro atoms. The first kappa shape index (κ1) is 102. The Kier molecular flexibility index (Phi) is 39.7. The summed E-state index contributed by atoms with van der Waals surface area (Å²) in [6, 6.07) is 53.0. The van der Waals surface area contributed by atoms with Crippen molar-refractivity contribution < 1.29 is 102 Å². The van der Waals surface area contributed by atoms with Crippen LogP contribution in [-0.2, 0) is 37.5 Å². The highest BCUT2D eigenvalue weighted by Crippen LogP contribution is 2.38. The molecular formula is C93H118F10N4O12S4. The molecule has 0 aliphatic carbocycles. The summed E-state index contributed by atoms with van der Waals surface area (Å²) in [4.78, 5) is 60.6. The van der Waals surface area contributed by atoms with Crippen molar-refractivity contribution in [1.82, 2.24) is 19.6 Å². The van der Waals surface area contributed by atoms with Gasteiger partial charge in [-0.3, -0.25) is 0 Å². The molecular weight excluding hydrogens is 1680 g/mol. The fourth-order valence-corrected chi connectivity index (χ4v) is 17.0. The zero-order valence-electron chi connectivity index (χ0n) is 71.9. The van der Waals surface area contributed by atoms with Gasteiger partial charge in [-0.15, -0.1) is 47.0 Å². The van der Waals surface area contributed by atoms with Crippen molar-refractivity contribution in [3.8, 4) is 11.5 Å². The molecule has 4 aliphatic heterocycles. The number of halogens is 10. The van der Waals surface area contributed by atoms with E-state index in [1.165, 1.54) is 34.1 Å². The number of hydrogen-bond donors (Lipinski definition) is 2. The molecule has 2 N–H and O–H groups in total. The van der Waals surface area contributed by atoms with Gasteiger partial charge in [-0.25, -0.2) is 23.6 Å². The van der Waals surface area contributed by atoms with Gasteiger partial charge in [0.05, 0.1) is 28.9 Å². The van der Waals surface area contributed by atoms with Crippen LogP contribution in [0.4, 0.5) is 63.1 Å². The quantitative estimate of drug-likeness (QED) is 0.0331. The summed E-state index contributed by atoms with van der Waals surface area (Å²) in [5.74, 6) is 3.91. The molecule has 0 saturated carbocycles. The summed E-state index contributed by atoms with van der Waals surface area (Å²) in [5, 5.41) is 20.7. The van der Waals surface area contributed by atoms with Crippen LogP contribution in [0.15, 0.2) is 214 Å². The van der Waals surface area contributed by atoms with E-state index < -0.39 is 63.4 Å². The normalized spacial score (nSPS) is 17.9. The van der Waals surface area contributed by atoms with Crippen LogP contribution >= 0.6 is 47.0 Å². The number of nitrogens with zero attached hydrogens (tertiary/aromatic N) is 4. The second kappa shape index (κ2) is 48.0. The first-order valence-electron chi connectivity index (χ1n) is 41.2. The van der Waals surface area contributed by atoms with Crippen LogP contribution < -0.4 is 9.47 Å². The van der Waals surface area contributed by atoms with Crippen molar-refractivity contribution >= 4 is 71.4 Å². The van der Waals surface area contributed by atoms with Gasteiger partial charge in [0.25, 0.3) is 0 Å². The molecule has 4 fully saturated rings. The van der Waals surface area contributed by atoms with Gasteiger partial charge in [-0.05, 0) is 256 Å². The molecule has 0 unspecified atom stereocenters. The number of rotatable bonds is 24. The van der Waals surface area contributed by atoms with E-state index in [-0.39, 0.29) is 72.5 Å². The van der Waals surface area contributed by atoms with E-state index in [0.29, 0.717) is 88.8 Å². The summed E-state index contributed by atoms with van der Waals surface area (Å²) >= 11 is 6.92. The molecule has 7 aromatic carbocycles. The third kappa shape index (κ3) is 38.7. The molecule has 4 amide bonds. The summed E-state index contributed by atoms with van der Waals surface area (Å²) in [5.41, 5.74) is -4.33. The van der Waals surface area contributed by atoms with E-state index in [9.17, 15) is 73.3 Å². The van der Waals surface area contributed by atoms with E-state index in [4.69, 9.17) is 28.4 Å². The Morgan fingerprint density at radius 3 is 0.789 bits per heavy atom. The third-order valence-corrected chi connectivity index (χ3v) is 23.6. The number of benzene rings is 7. The summed E-state index contributed by atoms with van der Waals surface area (Å²) in [7, 11) is 0. The van der Waals surface area contributed by atoms with Gasteiger partial charge >= 0.3 is 42.9 Å². The highest BCUT2D eigenvalue weighted by atomic mass is 32.2. The number of aliphatic hydroxyl groups is 2. The SMILES string of the molecule is CC(C)(C)OC(=O)N1CC[C@H]([C@@H](CCSc2ccccc2)Oc2ccc(C(F)(F)F)cc2)C1.CC(C)(C)OC(=O)N1CC[C@H]([C@@H](O)CCSc2ccccc2)C1.CC(C)(C)OC(=O)N1CC[C@H]([C@H](CCSc2ccccc2)Oc2ccc(C(F)(F)F)cc2)C1.CC(C)(C)OC(=O)N1CC[C@H]([C@H](O)CCSc2ccccc2)C1.Fc1ccc(C(F)(F)F)cc1. The van der Waals surface area contributed by atoms with Crippen molar-refractivity contribution in [2.75, 3.05) is 75.4 Å². The minimum atomic E-state index is -4.39. The number of alkyl halides is 9. The minimum absolute atomic E-state index is 0.0659. The zero-order chi connectivity index (χ0) is 90.4. The maximum absolute atomic E-state index is 12.9. The molecule has 0 bridgehead atoms. The van der Waals surface area contributed by atoms with Gasteiger partial charge in [0, 0.05) is 119 Å². The molecule has 0 aromatic heterocycles. The van der Waals surface area contributed by atoms with Crippen molar-refractivity contribution in [3.63, 3.8) is 0 Å². The van der Waals surface area contributed by atoms with E-state index in [1.54, 1.807) is 66.6 Å². The summed E-state index contributed by atoms with van der Waals surface area (Å²) in [6.45, 7) is 26.8. The van der Waals surface area contributed by atoms with Crippen LogP contribution in [0.3, 0.4) is 0 Å². The number of thioether (sulfide) groups is 4. The third-order valence-electron chi connectivity index (χ3n) is 19.4. The Labute approximate surface area is 734 Å². The first-order valence-corrected chi connectivity index (χ1v) is 45.2. The molecule has 30 heteroatoms. The van der Waals surface area contributed by atoms with Crippen LogP contribution in [0, 0.1) is 29.5 Å². The molecule has 123 heavy (non-hydrogen) atoms. The molecule has 4 aliphatic rings. The monoisotopic (exact) mass is 1800 g/mol. The van der Waals surface area contributed by atoms with Gasteiger partial charge in [0.1, 0.15) is 51.9 Å². The number of carbonyl (C=O) groups excluding carboxylic acids is 4. The molecule has 4 saturated heterocycles. The topological polar surface area (TPSA) is 177 Å². The number of aliphatic hydroxyl groups excluding tert-OH is 2. The lowest BCUT2D eigenvalue weighted by Gasteiger charge is -2.27. The van der Waals surface area contributed by atoms with E-state index >= 15 is 0 Å². The molecule has 4 heterocycles. The first-order chi connectivity index (χ1) is 57.7. The molecule has 8 atom stereocenters. The smallest absolute Gasteiger partial charge is 0.416 e. The largest absolute Gasteiger partial charge is 0.490 e. The second-order valence-electron chi connectivity index (χ2n) is 34.2. The van der Waals surface area contributed by atoms with Crippen LogP contribution in [0.5, 0.6) is 11.5 Å². The Morgan fingerprint density at radius 2 is 0.553 bits per heavy atom. The van der Waals surface area contributed by atoms with Gasteiger partial charge < -0.3 is 58.2 Å². The Morgan fingerprint density at radius 1 is 0.333 bits per heavy atom. The standard InChI is InChI=1S/2C25H30F3NO3S.2C18H27NO3S.C7H4F4/c2*1-24(2,3)32-23(30)29-15-13-18(17-29)22(14-16-33-21-7-5-4-6-8-21)31-20-11-9-19(10-12-20)25(26,27)28;2*1-18(2,3)22-17(21)19-11-9-14(13-19)16(20)10-12-23-15-7-5-4-6-8-15;8-6-3-1-5(2-4-6)7(9,10)11/h2*4-12,18,22H,13-17H2,1-3H3;2*4-8,14,16,20H,9-13H2,1-3H3;1-4H/t18-,22+;18-,22-;14-,16+;14-,16-;/m0000./s1. The van der Waals surface area contributed by atoms with Crippen LogP contribution in [0.1, 0.15) is 151 Å². The fraction of sp³-hybridized carbons (Fsp3) is 0.505. The number of hydrogen-bond acceptors (Lipinski definition) is 16. The van der Waals surface area contributed by atoms with Crippen molar-refractivity contribution in [3.05, 3.63) is 217 Å². The lowest BCUT2D eigenvalue weighted by molar-refractivity contribution is -0.138. The lowest BCUT2D eigenvalue weighted by Crippen LogP contribution is -2.37. The molecule has 11 rings (SSSR count). The Hall–Kier alpha value is -8.16. The Bertz CT molecular complexity index is 4020. The maximum atomic E-state index is 12.9. The maximum Gasteiger partial charge on any atom is 0.416 e. The predicted molar refractivity (Wildman–Crippen MR) is 466 cm³/mol. The lowest BCUT2D eigenvalue weighted by atomic mass is 9.99. The summed E-state index contributed by atoms with van der Waals surface area (Å²) < 4.78 is 159. The van der Waals surface area contributed by atoms with Crippen LogP contribution in [0.25, 0.3) is 0 Å². The van der Waals surface area contributed by atoms with Gasteiger partial charge in [-0.2, -0.15) is 39.5 Å². The highest BCUT2D eigenvalue weighted by molar-refractivity contribution is 8.00. The Balaban J connectivity index is 0.000000219. The predicted octanol–water partition coefficient (Wildman–Crippen LogP) is 24.2. The number of carbonyl (C=O) groups is 4. The number of amides is 4. The highest BCUT2D eigenvalue weighted by Gasteiger charge is 2.40. The van der Waals surface area contributed by atoms with Crippen molar-refractivity contribution in [2.24, 2.45) is 23.7 Å². The van der Waals surface area contributed by atoms with Gasteiger partial charge in [0.15, 0.2) is 0 Å². The van der Waals surface area contributed by atoms with Gasteiger partial charge in [0.2, 0.25) is 0 Å². The van der Waals surface area contributed by atoms with E-state index in [2.05, 4.69) is 24.3 Å². The van der Waals surface area contributed by atoms with Crippen LogP contribution in [-0.4, -0.2) is 176 Å². The second-order valence-corrected chi connectivity index (χ2v) is 38.9. The van der Waals surface area contributed by atoms with E-state index in [1.807, 2.05) is 180 Å². The number of ether oxygens (including phenoxy) is 6. The van der Waals surface area contributed by atoms with Crippen LogP contribution in [0.2, 0.25) is 0 Å². The van der Waals surface area contributed by atoms with Crippen molar-refractivity contribution in [1.29, 1.82) is 0 Å². The average molecular weight is 1800 g/mol. The molecule has 0 radical (unpaired) electrons. The summed E-state index contributed by atoms with van der Waals surface area (Å²) in [6.07, 6.45) is -9.51. The fourth-order valence-electron chi connectivity index (χ4n) is 13.3. The molecule has 16 nitrogen and oxygen atoms in total. The zero-order valence-corrected chi connectivity index (χ0v) is 75.2. The molecule has 7 aromatic rings. The minimum Gasteiger partial charge on any atom is -0.490 e. The van der Waals surface area contributed by atoms with E-state index in [0.717, 1.165) is 108 Å². The molecule has 676 valence electrons. The van der Waals surface area contributed by atoms with Gasteiger partial charge in [-0.1, -0.05) is 72.8 Å².